The van der Waals surface area contributed by atoms with Gasteiger partial charge in [0.05, 0.1) is 22.5 Å². The summed E-state index contributed by atoms with van der Waals surface area (Å²) in [6.07, 6.45) is 3.50. The first-order chi connectivity index (χ1) is 16.9. The summed E-state index contributed by atoms with van der Waals surface area (Å²) in [5.41, 5.74) is 4.41. The first-order valence-corrected chi connectivity index (χ1v) is 11.3. The maximum Gasteiger partial charge on any atom is 0.336 e. The average molecular weight is 472 g/mol. The number of carbonyl (C=O) groups is 3. The third-order valence-corrected chi connectivity index (χ3v) is 5.75. The topological polar surface area (TPSA) is 118 Å². The molecule has 1 aromatic heterocycles. The Labute approximate surface area is 202 Å². The number of carboxylic acids is 1. The van der Waals surface area contributed by atoms with Crippen LogP contribution >= 0.6 is 0 Å². The van der Waals surface area contributed by atoms with Gasteiger partial charge in [0.2, 0.25) is 0 Å². The number of amides is 1. The van der Waals surface area contributed by atoms with E-state index in [1.165, 1.54) is 12.1 Å². The number of hydrogen-bond donors (Lipinski definition) is 2. The van der Waals surface area contributed by atoms with Gasteiger partial charge in [-0.1, -0.05) is 41.6 Å². The molecule has 3 aromatic rings. The second kappa shape index (κ2) is 10.7. The van der Waals surface area contributed by atoms with Gasteiger partial charge in [-0.05, 0) is 43.2 Å². The third-order valence-electron chi connectivity index (χ3n) is 5.75. The Morgan fingerprint density at radius 2 is 1.71 bits per heavy atom. The summed E-state index contributed by atoms with van der Waals surface area (Å²) in [4.78, 5) is 44.9. The summed E-state index contributed by atoms with van der Waals surface area (Å²) in [7, 11) is 0. The van der Waals surface area contributed by atoms with Crippen molar-refractivity contribution in [3.8, 4) is 11.3 Å². The molecule has 8 nitrogen and oxygen atoms in total. The van der Waals surface area contributed by atoms with Crippen LogP contribution in [0.4, 0.5) is 0 Å². The lowest BCUT2D eigenvalue weighted by Crippen LogP contribution is -2.24. The fourth-order valence-corrected chi connectivity index (χ4v) is 3.79. The van der Waals surface area contributed by atoms with Crippen LogP contribution in [0, 0.1) is 0 Å². The van der Waals surface area contributed by atoms with E-state index in [4.69, 9.17) is 4.84 Å². The van der Waals surface area contributed by atoms with Crippen LogP contribution in [0.3, 0.4) is 0 Å². The second-order valence-electron chi connectivity index (χ2n) is 8.37. The number of ketones is 1. The molecule has 2 aromatic carbocycles. The second-order valence-corrected chi connectivity index (χ2v) is 8.37. The van der Waals surface area contributed by atoms with Crippen LogP contribution in [0.5, 0.6) is 0 Å². The van der Waals surface area contributed by atoms with Crippen LogP contribution in [0.25, 0.3) is 11.3 Å². The fourth-order valence-electron chi connectivity index (χ4n) is 3.79. The fraction of sp³-hybridized carbons (Fsp3) is 0.222. The van der Waals surface area contributed by atoms with E-state index in [-0.39, 0.29) is 29.6 Å². The molecule has 35 heavy (non-hydrogen) atoms. The molecule has 0 saturated carbocycles. The number of nitrogens with one attached hydrogen (secondary N) is 1. The van der Waals surface area contributed by atoms with Gasteiger partial charge in [0.25, 0.3) is 5.91 Å². The van der Waals surface area contributed by atoms with Crippen molar-refractivity contribution in [2.24, 2.45) is 5.16 Å². The molecule has 8 heteroatoms. The number of carboxylic acid groups (broad SMARTS) is 1. The van der Waals surface area contributed by atoms with Crippen molar-refractivity contribution in [1.29, 1.82) is 0 Å². The van der Waals surface area contributed by atoms with E-state index in [0.717, 1.165) is 28.1 Å². The van der Waals surface area contributed by atoms with Gasteiger partial charge in [0.1, 0.15) is 11.9 Å². The quantitative estimate of drug-likeness (QED) is 0.482. The molecular weight excluding hydrogens is 446 g/mol. The van der Waals surface area contributed by atoms with Gasteiger partial charge >= 0.3 is 5.97 Å². The number of pyridine rings is 1. The molecule has 1 amide bonds. The molecule has 0 spiro atoms. The maximum absolute atomic E-state index is 12.4. The van der Waals surface area contributed by atoms with Crippen molar-refractivity contribution < 1.29 is 24.3 Å². The Balaban J connectivity index is 1.34. The average Bonchev–Trinajstić information content (AvgIpc) is 3.35. The predicted molar refractivity (Wildman–Crippen MR) is 130 cm³/mol. The van der Waals surface area contributed by atoms with E-state index >= 15 is 0 Å². The molecule has 1 aliphatic heterocycles. The van der Waals surface area contributed by atoms with Crippen molar-refractivity contribution >= 4 is 23.4 Å². The van der Waals surface area contributed by atoms with Gasteiger partial charge in [-0.25, -0.2) is 4.79 Å². The van der Waals surface area contributed by atoms with Gasteiger partial charge in [0.15, 0.2) is 0 Å². The minimum atomic E-state index is -1.14. The Bertz CT molecular complexity index is 1270. The van der Waals surface area contributed by atoms with Crippen LogP contribution in [0.2, 0.25) is 0 Å². The van der Waals surface area contributed by atoms with E-state index in [9.17, 15) is 19.5 Å². The number of rotatable bonds is 9. The molecule has 1 aliphatic rings. The summed E-state index contributed by atoms with van der Waals surface area (Å²) < 4.78 is 0. The first-order valence-electron chi connectivity index (χ1n) is 11.3. The molecule has 4 rings (SSSR count). The van der Waals surface area contributed by atoms with Gasteiger partial charge in [0, 0.05) is 36.7 Å². The largest absolute Gasteiger partial charge is 0.478 e. The number of aromatic carboxylic acids is 1. The standard InChI is InChI=1S/C27H25N3O5/c1-17(31)6-12-21-14-25(30-35-21)20-11-13-24(28-16-20)19-9-7-18(8-10-19)15-29-26(32)22-4-2-3-5-23(22)27(33)34/h2-5,7-11,13,16,21H,6,12,14-15H2,1H3,(H,29,32)(H,33,34)/t21-/m0/s1. The first kappa shape index (κ1) is 23.8. The summed E-state index contributed by atoms with van der Waals surface area (Å²) >= 11 is 0. The van der Waals surface area contributed by atoms with Gasteiger partial charge in [-0.3, -0.25) is 9.78 Å². The molecule has 2 heterocycles. The maximum atomic E-state index is 12.4. The lowest BCUT2D eigenvalue weighted by Gasteiger charge is -2.09. The van der Waals surface area contributed by atoms with Crippen molar-refractivity contribution in [3.63, 3.8) is 0 Å². The molecule has 178 valence electrons. The Morgan fingerprint density at radius 1 is 1.00 bits per heavy atom. The van der Waals surface area contributed by atoms with Crippen LogP contribution in [0.1, 0.15) is 58.0 Å². The van der Waals surface area contributed by atoms with Gasteiger partial charge in [-0.2, -0.15) is 0 Å². The van der Waals surface area contributed by atoms with E-state index in [0.29, 0.717) is 19.3 Å². The lowest BCUT2D eigenvalue weighted by molar-refractivity contribution is -0.117. The number of Topliss-reactive ketones (excluding diaryl/α,β-unsaturated/α-hetero) is 1. The number of nitrogens with zero attached hydrogens (tertiary/aromatic N) is 2. The molecule has 0 fully saturated rings. The molecule has 1 atom stereocenters. The highest BCUT2D eigenvalue weighted by Crippen LogP contribution is 2.22. The Kier molecular flexibility index (Phi) is 7.30. The number of carbonyl (C=O) groups excluding carboxylic acids is 2. The van der Waals surface area contributed by atoms with E-state index in [1.54, 1.807) is 25.3 Å². The van der Waals surface area contributed by atoms with Crippen molar-refractivity contribution in [1.82, 2.24) is 10.3 Å². The molecule has 0 aliphatic carbocycles. The highest BCUT2D eigenvalue weighted by molar-refractivity contribution is 6.04. The van der Waals surface area contributed by atoms with Crippen LogP contribution < -0.4 is 5.32 Å². The molecule has 0 bridgehead atoms. The van der Waals surface area contributed by atoms with E-state index in [1.807, 2.05) is 36.4 Å². The zero-order chi connectivity index (χ0) is 24.8. The van der Waals surface area contributed by atoms with Gasteiger partial charge < -0.3 is 20.1 Å². The van der Waals surface area contributed by atoms with Crippen LogP contribution in [-0.2, 0) is 16.2 Å². The van der Waals surface area contributed by atoms with E-state index in [2.05, 4.69) is 15.5 Å². The molecule has 0 unspecified atom stereocenters. The smallest absolute Gasteiger partial charge is 0.336 e. The summed E-state index contributed by atoms with van der Waals surface area (Å²) in [5, 5.41) is 16.2. The Hall–Kier alpha value is -4.33. The molecular formula is C27H25N3O5. The third kappa shape index (κ3) is 5.97. The number of aromatic nitrogens is 1. The highest BCUT2D eigenvalue weighted by atomic mass is 16.6. The van der Waals surface area contributed by atoms with Crippen LogP contribution in [-0.4, -0.2) is 39.6 Å². The predicted octanol–water partition coefficient (Wildman–Crippen LogP) is 4.24. The summed E-state index contributed by atoms with van der Waals surface area (Å²) in [5.74, 6) is -1.43. The summed E-state index contributed by atoms with van der Waals surface area (Å²) in [6, 6.07) is 17.6. The monoisotopic (exact) mass is 471 g/mol. The number of benzene rings is 2. The van der Waals surface area contributed by atoms with Crippen LogP contribution in [0.15, 0.2) is 72.0 Å². The van der Waals surface area contributed by atoms with Gasteiger partial charge in [-0.15, -0.1) is 0 Å². The van der Waals surface area contributed by atoms with Crippen molar-refractivity contribution in [2.75, 3.05) is 0 Å². The number of hydrogen-bond acceptors (Lipinski definition) is 6. The minimum absolute atomic E-state index is 0.0309. The van der Waals surface area contributed by atoms with Crippen molar-refractivity contribution in [2.45, 2.75) is 38.8 Å². The van der Waals surface area contributed by atoms with Crippen molar-refractivity contribution in [3.05, 3.63) is 89.1 Å². The highest BCUT2D eigenvalue weighted by Gasteiger charge is 2.22. The zero-order valence-corrected chi connectivity index (χ0v) is 19.2. The SMILES string of the molecule is CC(=O)CC[C@H]1CC(c2ccc(-c3ccc(CNC(=O)c4ccccc4C(=O)O)cc3)nc2)=NO1. The lowest BCUT2D eigenvalue weighted by atomic mass is 10.0. The summed E-state index contributed by atoms with van der Waals surface area (Å²) in [6.45, 7) is 1.84. The molecule has 0 radical (unpaired) electrons. The normalized spacial score (nSPS) is 14.7. The van der Waals surface area contributed by atoms with E-state index < -0.39 is 11.9 Å². The Morgan fingerprint density at radius 3 is 2.37 bits per heavy atom. The minimum Gasteiger partial charge on any atom is -0.478 e. The molecule has 0 saturated heterocycles. The number of oxime groups is 1. The zero-order valence-electron chi connectivity index (χ0n) is 19.2. The molecule has 2 N–H and O–H groups in total.